The largest absolute Gasteiger partial charge is 0.398 e. The summed E-state index contributed by atoms with van der Waals surface area (Å²) in [6, 6.07) is 12.7. The zero-order valence-corrected chi connectivity index (χ0v) is 12.9. The van der Waals surface area contributed by atoms with Crippen molar-refractivity contribution in [3.8, 4) is 0 Å². The summed E-state index contributed by atoms with van der Waals surface area (Å²) in [5, 5.41) is 2.75. The van der Waals surface area contributed by atoms with Crippen LogP contribution in [-0.2, 0) is 15.6 Å². The first-order chi connectivity index (χ1) is 9.97. The second-order valence-corrected chi connectivity index (χ2v) is 6.30. The van der Waals surface area contributed by atoms with E-state index in [-0.39, 0.29) is 11.7 Å². The summed E-state index contributed by atoms with van der Waals surface area (Å²) in [5.41, 5.74) is 8.91. The highest BCUT2D eigenvalue weighted by atomic mass is 32.2. The summed E-state index contributed by atoms with van der Waals surface area (Å²) in [5.74, 6) is -0.362. The summed E-state index contributed by atoms with van der Waals surface area (Å²) in [4.78, 5) is 12.6. The van der Waals surface area contributed by atoms with Gasteiger partial charge in [-0.15, -0.1) is 0 Å². The van der Waals surface area contributed by atoms with Crippen molar-refractivity contribution >= 4 is 28.1 Å². The minimum Gasteiger partial charge on any atom is -0.398 e. The number of carbonyl (C=O) groups is 1. The smallest absolute Gasteiger partial charge is 0.237 e. The van der Waals surface area contributed by atoms with Gasteiger partial charge in [0.2, 0.25) is 5.91 Å². The second kappa shape index (κ2) is 6.54. The molecule has 0 heterocycles. The molecule has 1 amide bonds. The average Bonchev–Trinajstić information content (AvgIpc) is 2.41. The van der Waals surface area contributed by atoms with Gasteiger partial charge in [0.25, 0.3) is 0 Å². The Morgan fingerprint density at radius 3 is 2.62 bits per heavy atom. The third kappa shape index (κ3) is 3.92. The van der Waals surface area contributed by atoms with Crippen LogP contribution in [0.25, 0.3) is 0 Å². The van der Waals surface area contributed by atoms with Crippen LogP contribution in [-0.4, -0.2) is 15.9 Å². The highest BCUT2D eigenvalue weighted by Gasteiger charge is 2.13. The van der Waals surface area contributed by atoms with Gasteiger partial charge in [-0.3, -0.25) is 9.00 Å². The first-order valence-electron chi connectivity index (χ1n) is 6.57. The van der Waals surface area contributed by atoms with Gasteiger partial charge in [0, 0.05) is 16.3 Å². The quantitative estimate of drug-likeness (QED) is 0.853. The van der Waals surface area contributed by atoms with E-state index in [1.54, 1.807) is 31.2 Å². The summed E-state index contributed by atoms with van der Waals surface area (Å²) >= 11 is 0. The SMILES string of the molecule is Cc1cccc(NC(=O)CS(=O)c2cccc(N)c2C)c1. The van der Waals surface area contributed by atoms with Gasteiger partial charge in [-0.05, 0) is 49.2 Å². The molecular weight excluding hydrogens is 284 g/mol. The van der Waals surface area contributed by atoms with E-state index >= 15 is 0 Å². The minimum atomic E-state index is -1.41. The van der Waals surface area contributed by atoms with Crippen molar-refractivity contribution in [1.29, 1.82) is 0 Å². The normalized spacial score (nSPS) is 11.9. The number of benzene rings is 2. The number of aryl methyl sites for hydroxylation is 1. The molecule has 21 heavy (non-hydrogen) atoms. The van der Waals surface area contributed by atoms with Crippen LogP contribution in [0, 0.1) is 13.8 Å². The van der Waals surface area contributed by atoms with E-state index in [1.165, 1.54) is 0 Å². The lowest BCUT2D eigenvalue weighted by Crippen LogP contribution is -2.20. The third-order valence-electron chi connectivity index (χ3n) is 3.14. The fourth-order valence-electron chi connectivity index (χ4n) is 1.99. The molecule has 0 aliphatic heterocycles. The second-order valence-electron chi connectivity index (χ2n) is 4.88. The van der Waals surface area contributed by atoms with Gasteiger partial charge in [-0.2, -0.15) is 0 Å². The summed E-state index contributed by atoms with van der Waals surface area (Å²) < 4.78 is 12.3. The molecule has 0 fully saturated rings. The molecule has 0 aromatic heterocycles. The van der Waals surface area contributed by atoms with E-state index in [0.717, 1.165) is 11.1 Å². The maximum atomic E-state index is 12.3. The molecule has 0 spiro atoms. The predicted octanol–water partition coefficient (Wildman–Crippen LogP) is 2.63. The molecule has 0 saturated carbocycles. The van der Waals surface area contributed by atoms with Gasteiger partial charge < -0.3 is 11.1 Å². The van der Waals surface area contributed by atoms with Crippen molar-refractivity contribution in [1.82, 2.24) is 0 Å². The Labute approximate surface area is 126 Å². The van der Waals surface area contributed by atoms with Crippen LogP contribution in [0.15, 0.2) is 47.4 Å². The van der Waals surface area contributed by atoms with Crippen molar-refractivity contribution in [3.63, 3.8) is 0 Å². The van der Waals surface area contributed by atoms with Gasteiger partial charge >= 0.3 is 0 Å². The molecule has 1 atom stereocenters. The summed E-state index contributed by atoms with van der Waals surface area (Å²) in [7, 11) is -1.41. The van der Waals surface area contributed by atoms with Crippen LogP contribution in [0.1, 0.15) is 11.1 Å². The van der Waals surface area contributed by atoms with E-state index in [1.807, 2.05) is 25.1 Å². The number of hydrogen-bond acceptors (Lipinski definition) is 3. The number of amides is 1. The minimum absolute atomic E-state index is 0.0851. The zero-order chi connectivity index (χ0) is 15.4. The topological polar surface area (TPSA) is 72.2 Å². The van der Waals surface area contributed by atoms with Gasteiger partial charge in [-0.25, -0.2) is 0 Å². The van der Waals surface area contributed by atoms with Gasteiger partial charge in [0.15, 0.2) is 0 Å². The van der Waals surface area contributed by atoms with Gasteiger partial charge in [-0.1, -0.05) is 18.2 Å². The van der Waals surface area contributed by atoms with Crippen LogP contribution in [0.4, 0.5) is 11.4 Å². The lowest BCUT2D eigenvalue weighted by Gasteiger charge is -2.09. The molecule has 0 aliphatic rings. The fraction of sp³-hybridized carbons (Fsp3) is 0.188. The lowest BCUT2D eigenvalue weighted by atomic mass is 10.2. The molecule has 110 valence electrons. The molecule has 5 heteroatoms. The van der Waals surface area contributed by atoms with Crippen LogP contribution in [0.5, 0.6) is 0 Å². The molecule has 2 aromatic carbocycles. The Balaban J connectivity index is 2.06. The molecule has 0 radical (unpaired) electrons. The monoisotopic (exact) mass is 302 g/mol. The number of hydrogen-bond donors (Lipinski definition) is 2. The Bertz CT molecular complexity index is 698. The van der Waals surface area contributed by atoms with E-state index in [9.17, 15) is 9.00 Å². The Morgan fingerprint density at radius 1 is 1.19 bits per heavy atom. The maximum absolute atomic E-state index is 12.3. The third-order valence-corrected chi connectivity index (χ3v) is 4.59. The van der Waals surface area contributed by atoms with Crippen LogP contribution in [0.2, 0.25) is 0 Å². The molecule has 2 aromatic rings. The zero-order valence-electron chi connectivity index (χ0n) is 12.1. The van der Waals surface area contributed by atoms with Crippen LogP contribution >= 0.6 is 0 Å². The molecular formula is C16H18N2O2S. The van der Waals surface area contributed by atoms with Crippen molar-refractivity contribution in [2.24, 2.45) is 0 Å². The molecule has 0 aliphatic carbocycles. The van der Waals surface area contributed by atoms with E-state index in [0.29, 0.717) is 16.3 Å². The number of carbonyl (C=O) groups excluding carboxylic acids is 1. The van der Waals surface area contributed by atoms with E-state index in [2.05, 4.69) is 5.32 Å². The van der Waals surface area contributed by atoms with Crippen LogP contribution in [0.3, 0.4) is 0 Å². The molecule has 3 N–H and O–H groups in total. The average molecular weight is 302 g/mol. The van der Waals surface area contributed by atoms with Crippen molar-refractivity contribution in [2.75, 3.05) is 16.8 Å². The Hall–Kier alpha value is -2.14. The van der Waals surface area contributed by atoms with Crippen molar-refractivity contribution in [2.45, 2.75) is 18.7 Å². The maximum Gasteiger partial charge on any atom is 0.237 e. The highest BCUT2D eigenvalue weighted by Crippen LogP contribution is 2.19. The number of rotatable bonds is 4. The Morgan fingerprint density at radius 2 is 1.90 bits per heavy atom. The Kier molecular flexibility index (Phi) is 4.75. The molecule has 1 unspecified atom stereocenters. The fourth-order valence-corrected chi connectivity index (χ4v) is 3.15. The van der Waals surface area contributed by atoms with Crippen molar-refractivity contribution in [3.05, 3.63) is 53.6 Å². The predicted molar refractivity (Wildman–Crippen MR) is 86.7 cm³/mol. The number of anilines is 2. The number of nitrogens with one attached hydrogen (secondary N) is 1. The molecule has 2 rings (SSSR count). The number of nitrogens with two attached hydrogens (primary N) is 1. The van der Waals surface area contributed by atoms with Crippen molar-refractivity contribution < 1.29 is 9.00 Å². The first-order valence-corrected chi connectivity index (χ1v) is 7.89. The molecule has 0 bridgehead atoms. The highest BCUT2D eigenvalue weighted by molar-refractivity contribution is 7.85. The summed E-state index contributed by atoms with van der Waals surface area (Å²) in [6.45, 7) is 3.75. The number of nitrogen functional groups attached to an aromatic ring is 1. The summed E-state index contributed by atoms with van der Waals surface area (Å²) in [6.07, 6.45) is 0. The first kappa shape index (κ1) is 15.3. The van der Waals surface area contributed by atoms with E-state index in [4.69, 9.17) is 5.73 Å². The van der Waals surface area contributed by atoms with Gasteiger partial charge in [0.05, 0.1) is 10.8 Å². The van der Waals surface area contributed by atoms with E-state index < -0.39 is 10.8 Å². The molecule has 4 nitrogen and oxygen atoms in total. The van der Waals surface area contributed by atoms with Gasteiger partial charge in [0.1, 0.15) is 5.75 Å². The lowest BCUT2D eigenvalue weighted by molar-refractivity contribution is -0.113. The molecule has 0 saturated heterocycles. The van der Waals surface area contributed by atoms with Crippen LogP contribution < -0.4 is 11.1 Å². The standard InChI is InChI=1S/C16H18N2O2S/c1-11-5-3-6-13(9-11)18-16(19)10-21(20)15-8-4-7-14(17)12(15)2/h3-9H,10,17H2,1-2H3,(H,18,19).